The van der Waals surface area contributed by atoms with Crippen molar-refractivity contribution in [3.8, 4) is 0 Å². The summed E-state index contributed by atoms with van der Waals surface area (Å²) in [6.45, 7) is 0.137. The van der Waals surface area contributed by atoms with Gasteiger partial charge in [0.15, 0.2) is 5.69 Å². The third kappa shape index (κ3) is 4.28. The second-order valence-corrected chi connectivity index (χ2v) is 6.11. The number of aromatic amines is 1. The topological polar surface area (TPSA) is 78.1 Å². The number of amides is 2. The maximum Gasteiger partial charge on any atom is 0.272 e. The molecule has 0 saturated carbocycles. The number of para-hydroxylation sites is 1. The molecule has 0 atom stereocenters. The third-order valence-corrected chi connectivity index (χ3v) is 4.16. The van der Waals surface area contributed by atoms with E-state index in [4.69, 9.17) is 0 Å². The monoisotopic (exact) mass is 372 g/mol. The molecule has 2 aromatic carbocycles. The summed E-state index contributed by atoms with van der Waals surface area (Å²) in [6.07, 6.45) is 0.0490. The van der Waals surface area contributed by atoms with Crippen LogP contribution in [-0.2, 0) is 11.3 Å². The fourth-order valence-electron chi connectivity index (χ4n) is 2.69. The number of hydrogen-bond acceptors (Lipinski definition) is 3. The number of benzene rings is 2. The molecule has 0 fully saturated rings. The molecule has 0 bridgehead atoms. The average molecular weight is 372 g/mol. The van der Waals surface area contributed by atoms with Crippen molar-refractivity contribution in [3.05, 3.63) is 65.4 Å². The molecule has 0 aliphatic rings. The number of aromatic nitrogens is 2. The van der Waals surface area contributed by atoms with E-state index in [1.165, 1.54) is 18.0 Å². The molecule has 2 amide bonds. The van der Waals surface area contributed by atoms with E-state index < -0.39 is 11.6 Å². The Bertz CT molecular complexity index is 987. The van der Waals surface area contributed by atoms with Gasteiger partial charge in [0.2, 0.25) is 5.91 Å². The Kier molecular flexibility index (Phi) is 5.44. The van der Waals surface area contributed by atoms with Crippen LogP contribution in [0.25, 0.3) is 10.9 Å². The van der Waals surface area contributed by atoms with Crippen LogP contribution < -0.4 is 5.32 Å². The van der Waals surface area contributed by atoms with Crippen molar-refractivity contribution in [2.75, 3.05) is 13.6 Å². The highest BCUT2D eigenvalue weighted by Crippen LogP contribution is 2.15. The Balaban J connectivity index is 1.52. The number of fused-ring (bicyclic) bond motifs is 1. The van der Waals surface area contributed by atoms with E-state index in [1.807, 2.05) is 18.2 Å². The molecule has 1 aromatic heterocycles. The summed E-state index contributed by atoms with van der Waals surface area (Å²) in [5.41, 5.74) is 1.24. The number of H-pyrrole nitrogens is 1. The van der Waals surface area contributed by atoms with Gasteiger partial charge in [0.25, 0.3) is 5.91 Å². The van der Waals surface area contributed by atoms with Crippen molar-refractivity contribution >= 4 is 22.7 Å². The number of carbonyl (C=O) groups is 2. The first kappa shape index (κ1) is 18.5. The maximum atomic E-state index is 13.7. The highest BCUT2D eigenvalue weighted by Gasteiger charge is 2.15. The Morgan fingerprint density at radius 2 is 1.96 bits per heavy atom. The van der Waals surface area contributed by atoms with Crippen LogP contribution in [0.1, 0.15) is 22.5 Å². The van der Waals surface area contributed by atoms with Gasteiger partial charge in [-0.3, -0.25) is 14.7 Å². The van der Waals surface area contributed by atoms with Crippen LogP contribution in [0.15, 0.2) is 42.5 Å². The van der Waals surface area contributed by atoms with Crippen molar-refractivity contribution < 1.29 is 18.4 Å². The third-order valence-electron chi connectivity index (χ3n) is 4.16. The minimum absolute atomic E-state index is 0.0168. The fourth-order valence-corrected chi connectivity index (χ4v) is 2.69. The van der Waals surface area contributed by atoms with Crippen molar-refractivity contribution in [3.63, 3.8) is 0 Å². The molecule has 6 nitrogen and oxygen atoms in total. The summed E-state index contributed by atoms with van der Waals surface area (Å²) in [5, 5.41) is 10.1. The molecule has 0 aliphatic carbocycles. The lowest BCUT2D eigenvalue weighted by Crippen LogP contribution is -2.32. The molecule has 27 heavy (non-hydrogen) atoms. The van der Waals surface area contributed by atoms with Gasteiger partial charge in [-0.15, -0.1) is 0 Å². The van der Waals surface area contributed by atoms with E-state index in [-0.39, 0.29) is 42.6 Å². The standard InChI is InChI=1S/C19H18F2N4O2/c1-25(11-12-6-7-13(20)10-15(12)21)17(26)8-9-22-19(27)18-14-4-2-3-5-16(14)23-24-18/h2-7,10H,8-9,11H2,1H3,(H,22,27)(H,23,24). The SMILES string of the molecule is CN(Cc1ccc(F)cc1F)C(=O)CCNC(=O)c1n[nH]c2ccccc12. The first-order chi connectivity index (χ1) is 13.0. The number of nitrogens with zero attached hydrogens (tertiary/aromatic N) is 2. The second kappa shape index (κ2) is 7.94. The highest BCUT2D eigenvalue weighted by molar-refractivity contribution is 6.04. The van der Waals surface area contributed by atoms with E-state index in [1.54, 1.807) is 6.07 Å². The molecular formula is C19H18F2N4O2. The normalized spacial score (nSPS) is 10.8. The van der Waals surface area contributed by atoms with Crippen LogP contribution in [0, 0.1) is 11.6 Å². The van der Waals surface area contributed by atoms with Crippen molar-refractivity contribution in [1.82, 2.24) is 20.4 Å². The zero-order valence-electron chi connectivity index (χ0n) is 14.6. The number of halogens is 2. The van der Waals surface area contributed by atoms with E-state index in [0.717, 1.165) is 17.6 Å². The molecule has 0 saturated heterocycles. The van der Waals surface area contributed by atoms with Gasteiger partial charge in [-0.2, -0.15) is 5.10 Å². The minimum atomic E-state index is -0.701. The van der Waals surface area contributed by atoms with Crippen molar-refractivity contribution in [2.45, 2.75) is 13.0 Å². The quantitative estimate of drug-likeness (QED) is 0.698. The van der Waals surface area contributed by atoms with Crippen LogP contribution in [0.3, 0.4) is 0 Å². The molecule has 0 spiro atoms. The molecule has 0 radical (unpaired) electrons. The zero-order valence-corrected chi connectivity index (χ0v) is 14.6. The average Bonchev–Trinajstić information content (AvgIpc) is 3.08. The second-order valence-electron chi connectivity index (χ2n) is 6.11. The first-order valence-corrected chi connectivity index (χ1v) is 8.35. The number of nitrogens with one attached hydrogen (secondary N) is 2. The molecule has 0 unspecified atom stereocenters. The lowest BCUT2D eigenvalue weighted by Gasteiger charge is -2.17. The molecular weight excluding hydrogens is 354 g/mol. The Hall–Kier alpha value is -3.29. The molecule has 0 aliphatic heterocycles. The Labute approximate surface area is 154 Å². The number of rotatable bonds is 6. The summed E-state index contributed by atoms with van der Waals surface area (Å²) in [4.78, 5) is 25.7. The maximum absolute atomic E-state index is 13.7. The summed E-state index contributed by atoms with van der Waals surface area (Å²) < 4.78 is 26.6. The van der Waals surface area contributed by atoms with Crippen LogP contribution in [0.5, 0.6) is 0 Å². The van der Waals surface area contributed by atoms with Crippen LogP contribution in [-0.4, -0.2) is 40.5 Å². The number of hydrogen-bond donors (Lipinski definition) is 2. The van der Waals surface area contributed by atoms with E-state index in [2.05, 4.69) is 15.5 Å². The predicted molar refractivity (Wildman–Crippen MR) is 95.9 cm³/mol. The zero-order chi connectivity index (χ0) is 19.4. The van der Waals surface area contributed by atoms with E-state index in [9.17, 15) is 18.4 Å². The van der Waals surface area contributed by atoms with Gasteiger partial charge < -0.3 is 10.2 Å². The van der Waals surface area contributed by atoms with Crippen LogP contribution >= 0.6 is 0 Å². The fraction of sp³-hybridized carbons (Fsp3) is 0.211. The van der Waals surface area contributed by atoms with E-state index in [0.29, 0.717) is 5.39 Å². The van der Waals surface area contributed by atoms with Gasteiger partial charge in [-0.25, -0.2) is 8.78 Å². The number of carbonyl (C=O) groups excluding carboxylic acids is 2. The summed E-state index contributed by atoms with van der Waals surface area (Å²) in [7, 11) is 1.52. The molecule has 3 aromatic rings. The summed E-state index contributed by atoms with van der Waals surface area (Å²) >= 11 is 0. The lowest BCUT2D eigenvalue weighted by atomic mass is 10.2. The van der Waals surface area contributed by atoms with Crippen LogP contribution in [0.2, 0.25) is 0 Å². The van der Waals surface area contributed by atoms with Crippen LogP contribution in [0.4, 0.5) is 8.78 Å². The van der Waals surface area contributed by atoms with E-state index >= 15 is 0 Å². The minimum Gasteiger partial charge on any atom is -0.350 e. The van der Waals surface area contributed by atoms with Gasteiger partial charge in [-0.05, 0) is 12.1 Å². The van der Waals surface area contributed by atoms with Gasteiger partial charge >= 0.3 is 0 Å². The smallest absolute Gasteiger partial charge is 0.272 e. The Morgan fingerprint density at radius 1 is 1.19 bits per heavy atom. The van der Waals surface area contributed by atoms with Gasteiger partial charge in [0.05, 0.1) is 5.52 Å². The van der Waals surface area contributed by atoms with Gasteiger partial charge in [-0.1, -0.05) is 24.3 Å². The predicted octanol–water partition coefficient (Wildman–Crippen LogP) is 2.62. The highest BCUT2D eigenvalue weighted by atomic mass is 19.1. The van der Waals surface area contributed by atoms with Crippen molar-refractivity contribution in [1.29, 1.82) is 0 Å². The Morgan fingerprint density at radius 3 is 2.74 bits per heavy atom. The van der Waals surface area contributed by atoms with Gasteiger partial charge in [0.1, 0.15) is 11.6 Å². The molecule has 3 rings (SSSR count). The summed E-state index contributed by atoms with van der Waals surface area (Å²) in [6, 6.07) is 10.5. The lowest BCUT2D eigenvalue weighted by molar-refractivity contribution is -0.130. The largest absolute Gasteiger partial charge is 0.350 e. The summed E-state index contributed by atoms with van der Waals surface area (Å²) in [5.74, 6) is -2.02. The molecule has 1 heterocycles. The van der Waals surface area contributed by atoms with Gasteiger partial charge in [0, 0.05) is 43.6 Å². The first-order valence-electron chi connectivity index (χ1n) is 8.35. The molecule has 2 N–H and O–H groups in total. The molecule has 8 heteroatoms. The molecule has 140 valence electrons. The van der Waals surface area contributed by atoms with Crippen molar-refractivity contribution in [2.24, 2.45) is 0 Å².